The van der Waals surface area contributed by atoms with E-state index in [1.165, 1.54) is 10.7 Å². The van der Waals surface area contributed by atoms with Crippen molar-refractivity contribution in [3.63, 3.8) is 0 Å². The van der Waals surface area contributed by atoms with Crippen molar-refractivity contribution < 1.29 is 8.42 Å². The lowest BCUT2D eigenvalue weighted by atomic mass is 10.5. The number of rotatable bonds is 5. The van der Waals surface area contributed by atoms with Crippen molar-refractivity contribution in [3.05, 3.63) is 22.9 Å². The second kappa shape index (κ2) is 4.74. The Bertz CT molecular complexity index is 703. The number of anilines is 1. The minimum atomic E-state index is -3.18. The van der Waals surface area contributed by atoms with Gasteiger partial charge in [-0.25, -0.2) is 32.4 Å². The maximum absolute atomic E-state index is 11.2. The van der Waals surface area contributed by atoms with Gasteiger partial charge in [-0.3, -0.25) is 0 Å². The first-order valence-electron chi connectivity index (χ1n) is 5.07. The van der Waals surface area contributed by atoms with E-state index in [1.54, 1.807) is 6.07 Å². The lowest BCUT2D eigenvalue weighted by Gasteiger charge is -2.05. The largest absolute Gasteiger partial charge is 0.369 e. The fourth-order valence-electron chi connectivity index (χ4n) is 1.33. The molecule has 9 nitrogen and oxygen atoms in total. The number of H-pyrrole nitrogens is 1. The highest BCUT2D eigenvalue weighted by molar-refractivity contribution is 7.88. The highest BCUT2D eigenvalue weighted by Gasteiger charge is 2.02. The molecule has 0 amide bonds. The number of hydrogen-bond donors (Lipinski definition) is 3. The van der Waals surface area contributed by atoms with Gasteiger partial charge in [-0.2, -0.15) is 5.10 Å². The van der Waals surface area contributed by atoms with E-state index in [4.69, 9.17) is 0 Å². The quantitative estimate of drug-likeness (QED) is 0.562. The molecule has 2 rings (SSSR count). The predicted molar refractivity (Wildman–Crippen MR) is 64.9 cm³/mol. The summed E-state index contributed by atoms with van der Waals surface area (Å²) in [7, 11) is -3.18. The van der Waals surface area contributed by atoms with Gasteiger partial charge in [0.15, 0.2) is 5.65 Å². The molecular weight excluding hydrogens is 260 g/mol. The Balaban J connectivity index is 1.98. The fourth-order valence-corrected chi connectivity index (χ4v) is 1.81. The van der Waals surface area contributed by atoms with Gasteiger partial charge >= 0.3 is 5.69 Å². The Morgan fingerprint density at radius 1 is 1.44 bits per heavy atom. The van der Waals surface area contributed by atoms with Gasteiger partial charge < -0.3 is 5.32 Å². The van der Waals surface area contributed by atoms with Crippen LogP contribution in [0.3, 0.4) is 0 Å². The van der Waals surface area contributed by atoms with E-state index in [1.807, 2.05) is 0 Å². The Morgan fingerprint density at radius 2 is 2.22 bits per heavy atom. The summed E-state index contributed by atoms with van der Waals surface area (Å²) < 4.78 is 25.2. The molecule has 0 aromatic carbocycles. The van der Waals surface area contributed by atoms with Crippen LogP contribution in [0.5, 0.6) is 0 Å². The molecule has 3 N–H and O–H groups in total. The van der Waals surface area contributed by atoms with E-state index in [-0.39, 0.29) is 12.2 Å². The average molecular weight is 272 g/mol. The van der Waals surface area contributed by atoms with Crippen LogP contribution in [0.25, 0.3) is 5.65 Å². The van der Waals surface area contributed by atoms with Gasteiger partial charge in [0.05, 0.1) is 6.26 Å². The minimum Gasteiger partial charge on any atom is -0.369 e. The van der Waals surface area contributed by atoms with E-state index < -0.39 is 10.0 Å². The van der Waals surface area contributed by atoms with E-state index in [0.29, 0.717) is 18.0 Å². The van der Waals surface area contributed by atoms with Crippen LogP contribution in [-0.2, 0) is 10.0 Å². The molecule has 0 aliphatic rings. The topological polar surface area (TPSA) is 121 Å². The average Bonchev–Trinajstić information content (AvgIpc) is 2.65. The fraction of sp³-hybridized carbons (Fsp3) is 0.375. The molecule has 18 heavy (non-hydrogen) atoms. The van der Waals surface area contributed by atoms with Gasteiger partial charge in [-0.15, -0.1) is 0 Å². The zero-order chi connectivity index (χ0) is 13.2. The number of sulfonamides is 1. The molecule has 0 fully saturated rings. The third-order valence-corrected chi connectivity index (χ3v) is 2.83. The Labute approximate surface area is 102 Å². The summed E-state index contributed by atoms with van der Waals surface area (Å²) in [6, 6.07) is 1.58. The molecule has 2 aromatic rings. The van der Waals surface area contributed by atoms with Crippen molar-refractivity contribution >= 4 is 21.5 Å². The van der Waals surface area contributed by atoms with Crippen LogP contribution in [-0.4, -0.2) is 47.3 Å². The molecule has 98 valence electrons. The zero-order valence-electron chi connectivity index (χ0n) is 9.54. The number of hydrogen-bond acceptors (Lipinski definition) is 6. The standard InChI is InChI=1S/C8H12N6O3S/c1-18(16,17)11-3-2-9-6-4-7-12-13-8(15)14(7)5-10-6/h4-5,9,11H,2-3H2,1H3,(H,13,15). The molecule has 0 unspecified atom stereocenters. The van der Waals surface area contributed by atoms with Gasteiger partial charge in [0, 0.05) is 19.2 Å². The number of aromatic nitrogens is 4. The van der Waals surface area contributed by atoms with E-state index in [2.05, 4.69) is 25.2 Å². The maximum atomic E-state index is 11.2. The molecule has 0 saturated heterocycles. The second-order valence-corrected chi connectivity index (χ2v) is 5.46. The summed E-state index contributed by atoms with van der Waals surface area (Å²) in [6.45, 7) is 0.629. The lowest BCUT2D eigenvalue weighted by Crippen LogP contribution is -2.27. The van der Waals surface area contributed by atoms with Crippen molar-refractivity contribution in [2.45, 2.75) is 0 Å². The first kappa shape index (κ1) is 12.5. The summed E-state index contributed by atoms with van der Waals surface area (Å²) in [4.78, 5) is 15.2. The molecular formula is C8H12N6O3S. The smallest absolute Gasteiger partial charge is 0.348 e. The van der Waals surface area contributed by atoms with Crippen molar-refractivity contribution in [2.75, 3.05) is 24.7 Å². The third-order valence-electron chi connectivity index (χ3n) is 2.11. The summed E-state index contributed by atoms with van der Waals surface area (Å²) in [6.07, 6.45) is 2.43. The monoisotopic (exact) mass is 272 g/mol. The Hall–Kier alpha value is -1.94. The lowest BCUT2D eigenvalue weighted by molar-refractivity contribution is 0.589. The van der Waals surface area contributed by atoms with Crippen LogP contribution in [0.15, 0.2) is 17.2 Å². The highest BCUT2D eigenvalue weighted by atomic mass is 32.2. The van der Waals surface area contributed by atoms with Crippen LogP contribution >= 0.6 is 0 Å². The van der Waals surface area contributed by atoms with E-state index in [0.717, 1.165) is 6.26 Å². The summed E-state index contributed by atoms with van der Waals surface area (Å²) in [5, 5.41) is 8.98. The van der Waals surface area contributed by atoms with Crippen molar-refractivity contribution in [2.24, 2.45) is 0 Å². The normalized spacial score (nSPS) is 11.8. The molecule has 10 heteroatoms. The van der Waals surface area contributed by atoms with E-state index in [9.17, 15) is 13.2 Å². The van der Waals surface area contributed by atoms with Crippen molar-refractivity contribution in [3.8, 4) is 0 Å². The molecule has 2 aromatic heterocycles. The molecule has 0 spiro atoms. The van der Waals surface area contributed by atoms with Gasteiger partial charge in [0.2, 0.25) is 10.0 Å². The molecule has 0 atom stereocenters. The van der Waals surface area contributed by atoms with Gasteiger partial charge in [-0.05, 0) is 0 Å². The van der Waals surface area contributed by atoms with Crippen molar-refractivity contribution in [1.82, 2.24) is 24.3 Å². The molecule has 2 heterocycles. The number of fused-ring (bicyclic) bond motifs is 1. The molecule has 0 radical (unpaired) electrons. The minimum absolute atomic E-state index is 0.249. The predicted octanol–water partition coefficient (Wildman–Crippen LogP) is -1.62. The molecule has 0 bridgehead atoms. The Kier molecular flexibility index (Phi) is 3.30. The second-order valence-electron chi connectivity index (χ2n) is 3.62. The summed E-state index contributed by atoms with van der Waals surface area (Å²) >= 11 is 0. The highest BCUT2D eigenvalue weighted by Crippen LogP contribution is 2.03. The number of nitrogens with zero attached hydrogens (tertiary/aromatic N) is 3. The van der Waals surface area contributed by atoms with Crippen molar-refractivity contribution in [1.29, 1.82) is 0 Å². The van der Waals surface area contributed by atoms with Gasteiger partial charge in [-0.1, -0.05) is 0 Å². The number of nitrogens with one attached hydrogen (secondary N) is 3. The van der Waals surface area contributed by atoms with Crippen LogP contribution in [0.2, 0.25) is 0 Å². The first-order chi connectivity index (χ1) is 8.46. The summed E-state index contributed by atoms with van der Waals surface area (Å²) in [5.74, 6) is 0.511. The van der Waals surface area contributed by atoms with Crippen LogP contribution in [0.4, 0.5) is 5.82 Å². The summed E-state index contributed by atoms with van der Waals surface area (Å²) in [5.41, 5.74) is 0.0800. The molecule has 0 saturated carbocycles. The molecule has 0 aliphatic heterocycles. The van der Waals surface area contributed by atoms with Crippen LogP contribution in [0.1, 0.15) is 0 Å². The first-order valence-corrected chi connectivity index (χ1v) is 6.96. The van der Waals surface area contributed by atoms with Gasteiger partial charge in [0.1, 0.15) is 12.1 Å². The number of aromatic amines is 1. The SMILES string of the molecule is CS(=O)(=O)NCCNc1cc2n[nH]c(=O)n2cn1. The molecule has 0 aliphatic carbocycles. The maximum Gasteiger partial charge on any atom is 0.348 e. The van der Waals surface area contributed by atoms with Crippen LogP contribution < -0.4 is 15.7 Å². The van der Waals surface area contributed by atoms with Gasteiger partial charge in [0.25, 0.3) is 0 Å². The zero-order valence-corrected chi connectivity index (χ0v) is 10.4. The third kappa shape index (κ3) is 3.05. The van der Waals surface area contributed by atoms with E-state index >= 15 is 0 Å². The van der Waals surface area contributed by atoms with Crippen LogP contribution in [0, 0.1) is 0 Å². The Morgan fingerprint density at radius 3 is 2.94 bits per heavy atom.